The largest absolute Gasteiger partial charge is 0.465 e. The van der Waals surface area contributed by atoms with Crippen molar-refractivity contribution in [1.29, 1.82) is 0 Å². The summed E-state index contributed by atoms with van der Waals surface area (Å²) < 4.78 is 5.73. The van der Waals surface area contributed by atoms with Gasteiger partial charge in [-0.2, -0.15) is 0 Å². The van der Waals surface area contributed by atoms with Gasteiger partial charge in [0.15, 0.2) is 5.60 Å². The zero-order valence-electron chi connectivity index (χ0n) is 19.9. The van der Waals surface area contributed by atoms with Crippen LogP contribution in [0.25, 0.3) is 0 Å². The van der Waals surface area contributed by atoms with Crippen molar-refractivity contribution in [3.05, 3.63) is 94.5 Å². The number of likely N-dealkylation sites (tertiary alicyclic amines) is 1. The fourth-order valence-corrected chi connectivity index (χ4v) is 4.97. The maximum absolute atomic E-state index is 13.8. The molecule has 0 saturated carbocycles. The van der Waals surface area contributed by atoms with E-state index in [4.69, 9.17) is 21.4 Å². The van der Waals surface area contributed by atoms with Crippen molar-refractivity contribution < 1.29 is 29.0 Å². The van der Waals surface area contributed by atoms with Crippen LogP contribution in [0.15, 0.2) is 72.8 Å². The van der Waals surface area contributed by atoms with E-state index in [1.165, 1.54) is 24.3 Å². The first-order valence-electron chi connectivity index (χ1n) is 11.8. The highest BCUT2D eigenvalue weighted by atomic mass is 35.5. The van der Waals surface area contributed by atoms with Crippen LogP contribution in [0.4, 0.5) is 21.0 Å². The molecular weight excluding hydrogens is 512 g/mol. The lowest BCUT2D eigenvalue weighted by Crippen LogP contribution is -2.46. The molecule has 2 heterocycles. The molecule has 1 unspecified atom stereocenters. The van der Waals surface area contributed by atoms with Gasteiger partial charge in [-0.25, -0.2) is 9.59 Å². The number of carbonyl (C=O) groups is 4. The minimum atomic E-state index is -1.22. The number of amides is 4. The predicted octanol–water partition coefficient (Wildman–Crippen LogP) is 4.59. The summed E-state index contributed by atoms with van der Waals surface area (Å²) in [5, 5.41) is 17.0. The van der Waals surface area contributed by atoms with Crippen LogP contribution in [0.5, 0.6) is 0 Å². The van der Waals surface area contributed by atoms with E-state index in [1.807, 2.05) is 0 Å². The Morgan fingerprint density at radius 3 is 2.50 bits per heavy atom. The van der Waals surface area contributed by atoms with E-state index in [2.05, 4.69) is 16.0 Å². The molecule has 2 atom stereocenters. The zero-order valence-corrected chi connectivity index (χ0v) is 20.7. The number of anilines is 2. The standard InChI is InChI=1S/C27H23ClN4O6/c28-18-8-11-21-20(14-18)27(38-26(37)30-21)12-13-32(15-27)24(34)22(16-4-2-1-3-5-16)31-23(33)17-6-9-19(10-7-17)29-25(35)36/h1-11,14,22,29H,12-13,15H2,(H,30,37)(H,31,33)(H,35,36)/t22-,27?/m0/s1. The molecule has 4 N–H and O–H groups in total. The minimum Gasteiger partial charge on any atom is -0.465 e. The maximum atomic E-state index is 13.8. The van der Waals surface area contributed by atoms with Crippen LogP contribution in [0.2, 0.25) is 5.02 Å². The van der Waals surface area contributed by atoms with Crippen LogP contribution >= 0.6 is 11.6 Å². The van der Waals surface area contributed by atoms with E-state index in [1.54, 1.807) is 53.4 Å². The molecule has 3 aromatic rings. The van der Waals surface area contributed by atoms with Crippen LogP contribution in [0.3, 0.4) is 0 Å². The van der Waals surface area contributed by atoms with Gasteiger partial charge in [-0.05, 0) is 48.0 Å². The summed E-state index contributed by atoms with van der Waals surface area (Å²) in [6.07, 6.45) is -1.46. The van der Waals surface area contributed by atoms with E-state index >= 15 is 0 Å². The lowest BCUT2D eigenvalue weighted by Gasteiger charge is -2.35. The minimum absolute atomic E-state index is 0.0986. The number of rotatable bonds is 5. The lowest BCUT2D eigenvalue weighted by molar-refractivity contribution is -0.133. The molecule has 0 aromatic heterocycles. The molecule has 0 bridgehead atoms. The molecule has 194 valence electrons. The van der Waals surface area contributed by atoms with Crippen LogP contribution < -0.4 is 16.0 Å². The molecule has 11 heteroatoms. The Hall–Kier alpha value is -4.57. The topological polar surface area (TPSA) is 137 Å². The summed E-state index contributed by atoms with van der Waals surface area (Å²) >= 11 is 6.22. The van der Waals surface area contributed by atoms with Gasteiger partial charge in [-0.15, -0.1) is 0 Å². The summed E-state index contributed by atoms with van der Waals surface area (Å²) in [5.74, 6) is -0.864. The highest BCUT2D eigenvalue weighted by molar-refractivity contribution is 6.30. The second kappa shape index (κ2) is 10.1. The lowest BCUT2D eigenvalue weighted by atomic mass is 9.90. The van der Waals surface area contributed by atoms with Crippen molar-refractivity contribution in [3.8, 4) is 0 Å². The number of halogens is 1. The van der Waals surface area contributed by atoms with E-state index in [-0.39, 0.29) is 18.0 Å². The number of carbonyl (C=O) groups excluding carboxylic acids is 3. The van der Waals surface area contributed by atoms with Crippen molar-refractivity contribution in [3.63, 3.8) is 0 Å². The van der Waals surface area contributed by atoms with Gasteiger partial charge in [-0.3, -0.25) is 20.2 Å². The Morgan fingerprint density at radius 2 is 1.79 bits per heavy atom. The van der Waals surface area contributed by atoms with E-state index in [0.29, 0.717) is 40.5 Å². The number of nitrogens with one attached hydrogen (secondary N) is 3. The fourth-order valence-electron chi connectivity index (χ4n) is 4.80. The summed E-state index contributed by atoms with van der Waals surface area (Å²) in [5.41, 5.74) is 1.36. The molecule has 2 aliphatic rings. The van der Waals surface area contributed by atoms with Gasteiger partial charge in [0, 0.05) is 34.8 Å². The molecule has 0 aliphatic carbocycles. The van der Waals surface area contributed by atoms with Crippen LogP contribution in [0.1, 0.15) is 33.9 Å². The normalized spacial score (nSPS) is 18.7. The molecule has 2 aliphatic heterocycles. The Labute approximate surface area is 222 Å². The molecular formula is C27H23ClN4O6. The SMILES string of the molecule is O=C(O)Nc1ccc(C(=O)N[C@H](C(=O)N2CCC3(C2)OC(=O)Nc2ccc(Cl)cc23)c2ccccc2)cc1. The van der Waals surface area contributed by atoms with Crippen molar-refractivity contribution in [2.45, 2.75) is 18.1 Å². The van der Waals surface area contributed by atoms with Crippen molar-refractivity contribution in [1.82, 2.24) is 10.2 Å². The van der Waals surface area contributed by atoms with Crippen molar-refractivity contribution in [2.24, 2.45) is 0 Å². The zero-order chi connectivity index (χ0) is 26.9. The average Bonchev–Trinajstić information content (AvgIpc) is 3.32. The van der Waals surface area contributed by atoms with Gasteiger partial charge in [0.1, 0.15) is 6.04 Å². The Bertz CT molecular complexity index is 1410. The third-order valence-electron chi connectivity index (χ3n) is 6.59. The first-order chi connectivity index (χ1) is 18.2. The second-order valence-corrected chi connectivity index (χ2v) is 9.47. The molecule has 1 fully saturated rings. The number of nitrogens with zero attached hydrogens (tertiary/aromatic N) is 1. The fraction of sp³-hybridized carbons (Fsp3) is 0.185. The Kier molecular flexibility index (Phi) is 6.64. The molecule has 10 nitrogen and oxygen atoms in total. The third-order valence-corrected chi connectivity index (χ3v) is 6.83. The highest BCUT2D eigenvalue weighted by Gasteiger charge is 2.49. The third kappa shape index (κ3) is 4.98. The number of carboxylic acid groups (broad SMARTS) is 1. The molecule has 1 spiro atoms. The van der Waals surface area contributed by atoms with Crippen LogP contribution in [-0.4, -0.2) is 47.1 Å². The number of ether oxygens (including phenoxy) is 1. The van der Waals surface area contributed by atoms with Crippen LogP contribution in [-0.2, 0) is 15.1 Å². The predicted molar refractivity (Wildman–Crippen MR) is 139 cm³/mol. The molecule has 38 heavy (non-hydrogen) atoms. The molecule has 4 amide bonds. The van der Waals surface area contributed by atoms with Gasteiger partial charge in [-0.1, -0.05) is 41.9 Å². The number of hydrogen-bond donors (Lipinski definition) is 4. The quantitative estimate of drug-likeness (QED) is 0.378. The molecule has 3 aromatic carbocycles. The van der Waals surface area contributed by atoms with Gasteiger partial charge >= 0.3 is 12.2 Å². The highest BCUT2D eigenvalue weighted by Crippen LogP contribution is 2.44. The van der Waals surface area contributed by atoms with Crippen LogP contribution in [0, 0.1) is 0 Å². The van der Waals surface area contributed by atoms with Gasteiger partial charge < -0.3 is 20.1 Å². The summed E-state index contributed by atoms with van der Waals surface area (Å²) in [6.45, 7) is 0.397. The first kappa shape index (κ1) is 25.1. The summed E-state index contributed by atoms with van der Waals surface area (Å²) in [7, 11) is 0. The van der Waals surface area contributed by atoms with Gasteiger partial charge in [0.05, 0.1) is 12.2 Å². The van der Waals surface area contributed by atoms with E-state index < -0.39 is 29.7 Å². The van der Waals surface area contributed by atoms with E-state index in [0.717, 1.165) is 0 Å². The Balaban J connectivity index is 1.39. The van der Waals surface area contributed by atoms with E-state index in [9.17, 15) is 19.2 Å². The Morgan fingerprint density at radius 1 is 1.05 bits per heavy atom. The molecule has 5 rings (SSSR count). The summed E-state index contributed by atoms with van der Waals surface area (Å²) in [4.78, 5) is 51.7. The number of hydrogen-bond acceptors (Lipinski definition) is 5. The monoisotopic (exact) mass is 534 g/mol. The van der Waals surface area contributed by atoms with Crippen molar-refractivity contribution >= 4 is 47.0 Å². The van der Waals surface area contributed by atoms with Gasteiger partial charge in [0.25, 0.3) is 5.91 Å². The number of benzene rings is 3. The second-order valence-electron chi connectivity index (χ2n) is 9.03. The number of fused-ring (bicyclic) bond motifs is 2. The van der Waals surface area contributed by atoms with Crippen molar-refractivity contribution in [2.75, 3.05) is 23.7 Å². The average molecular weight is 535 g/mol. The first-order valence-corrected chi connectivity index (χ1v) is 12.2. The maximum Gasteiger partial charge on any atom is 0.412 e. The summed E-state index contributed by atoms with van der Waals surface area (Å²) in [6, 6.07) is 18.8. The smallest absolute Gasteiger partial charge is 0.412 e. The molecule has 0 radical (unpaired) electrons. The molecule has 1 saturated heterocycles. The van der Waals surface area contributed by atoms with Gasteiger partial charge in [0.2, 0.25) is 5.91 Å².